The summed E-state index contributed by atoms with van der Waals surface area (Å²) in [6.45, 7) is 0.783. The summed E-state index contributed by atoms with van der Waals surface area (Å²) in [5, 5.41) is 12.0. The smallest absolute Gasteiger partial charge is 0.257 e. The average molecular weight is 383 g/mol. The van der Waals surface area contributed by atoms with E-state index in [0.29, 0.717) is 17.3 Å². The van der Waals surface area contributed by atoms with Gasteiger partial charge in [-0.05, 0) is 46.3 Å². The Balaban J connectivity index is 2.16. The molecule has 0 unspecified atom stereocenters. The number of aliphatic hydroxyl groups is 1. The largest absolute Gasteiger partial charge is 0.483 e. The summed E-state index contributed by atoms with van der Waals surface area (Å²) in [6.07, 6.45) is 0.784. The number of rotatable bonds is 9. The van der Waals surface area contributed by atoms with E-state index in [2.05, 4.69) is 21.2 Å². The van der Waals surface area contributed by atoms with Crippen molar-refractivity contribution in [3.05, 3.63) is 27.7 Å². The zero-order valence-corrected chi connectivity index (χ0v) is 14.1. The zero-order chi connectivity index (χ0) is 14.8. The van der Waals surface area contributed by atoms with Crippen molar-refractivity contribution in [3.63, 3.8) is 0 Å². The summed E-state index contributed by atoms with van der Waals surface area (Å²) in [7, 11) is 0. The van der Waals surface area contributed by atoms with Crippen LogP contribution in [0, 0.1) is 0 Å². The van der Waals surface area contributed by atoms with Crippen molar-refractivity contribution in [2.75, 3.05) is 31.3 Å². The molecule has 0 radical (unpaired) electrons. The molecule has 0 saturated heterocycles. The maximum Gasteiger partial charge on any atom is 0.257 e. The molecule has 0 heterocycles. The van der Waals surface area contributed by atoms with Crippen LogP contribution in [-0.2, 0) is 4.79 Å². The van der Waals surface area contributed by atoms with Gasteiger partial charge in [0, 0.05) is 23.9 Å². The summed E-state index contributed by atoms with van der Waals surface area (Å²) in [4.78, 5) is 11.6. The van der Waals surface area contributed by atoms with Gasteiger partial charge in [-0.3, -0.25) is 4.79 Å². The highest BCUT2D eigenvalue weighted by Crippen LogP contribution is 2.27. The molecular weight excluding hydrogens is 366 g/mol. The molecule has 0 fully saturated rings. The van der Waals surface area contributed by atoms with E-state index in [-0.39, 0.29) is 19.1 Å². The van der Waals surface area contributed by atoms with Crippen molar-refractivity contribution >= 4 is 45.2 Å². The summed E-state index contributed by atoms with van der Waals surface area (Å²) in [5.74, 6) is 2.16. The zero-order valence-electron chi connectivity index (χ0n) is 10.9. The minimum absolute atomic E-state index is 0.0263. The van der Waals surface area contributed by atoms with Gasteiger partial charge in [0.15, 0.2) is 6.61 Å². The first-order chi connectivity index (χ1) is 9.63. The van der Waals surface area contributed by atoms with Crippen LogP contribution in [0.15, 0.2) is 22.7 Å². The Hall–Kier alpha value is -0.430. The first-order valence-electron chi connectivity index (χ1n) is 6.16. The van der Waals surface area contributed by atoms with Crippen LogP contribution < -0.4 is 10.1 Å². The molecule has 0 spiro atoms. The molecule has 7 heteroatoms. The predicted molar refractivity (Wildman–Crippen MR) is 86.7 cm³/mol. The number of aliphatic hydroxyl groups excluding tert-OH is 1. The SMILES string of the molecule is O=C(COc1ccc(Cl)cc1Br)NCCSCCCO. The van der Waals surface area contributed by atoms with E-state index in [1.165, 1.54) is 0 Å². The fraction of sp³-hybridized carbons (Fsp3) is 0.462. The van der Waals surface area contributed by atoms with Crippen molar-refractivity contribution < 1.29 is 14.6 Å². The molecule has 2 N–H and O–H groups in total. The Morgan fingerprint density at radius 2 is 2.25 bits per heavy atom. The second-order valence-electron chi connectivity index (χ2n) is 3.90. The lowest BCUT2D eigenvalue weighted by molar-refractivity contribution is -0.122. The summed E-state index contributed by atoms with van der Waals surface area (Å²) in [5.41, 5.74) is 0. The Kier molecular flexibility index (Phi) is 9.09. The molecule has 0 bridgehead atoms. The number of benzene rings is 1. The van der Waals surface area contributed by atoms with Crippen LogP contribution in [-0.4, -0.2) is 42.3 Å². The van der Waals surface area contributed by atoms with Crippen LogP contribution in [0.25, 0.3) is 0 Å². The van der Waals surface area contributed by atoms with Crippen molar-refractivity contribution in [3.8, 4) is 5.75 Å². The lowest BCUT2D eigenvalue weighted by atomic mass is 10.3. The number of nitrogens with one attached hydrogen (secondary N) is 1. The molecule has 20 heavy (non-hydrogen) atoms. The van der Waals surface area contributed by atoms with E-state index < -0.39 is 0 Å². The molecule has 4 nitrogen and oxygen atoms in total. The second kappa shape index (κ2) is 10.3. The minimum Gasteiger partial charge on any atom is -0.483 e. The number of ether oxygens (including phenoxy) is 1. The topological polar surface area (TPSA) is 58.6 Å². The molecule has 112 valence electrons. The number of carbonyl (C=O) groups excluding carboxylic acids is 1. The number of carbonyl (C=O) groups is 1. The van der Waals surface area contributed by atoms with E-state index in [9.17, 15) is 4.79 Å². The second-order valence-corrected chi connectivity index (χ2v) is 6.42. The first-order valence-corrected chi connectivity index (χ1v) is 8.49. The third kappa shape index (κ3) is 7.38. The van der Waals surface area contributed by atoms with Crippen molar-refractivity contribution in [2.24, 2.45) is 0 Å². The standard InChI is InChI=1S/C13H17BrClNO3S/c14-11-8-10(15)2-3-12(11)19-9-13(18)16-4-7-20-6-1-5-17/h2-3,8,17H,1,4-7,9H2,(H,16,18). The van der Waals surface area contributed by atoms with Gasteiger partial charge in [-0.25, -0.2) is 0 Å². The average Bonchev–Trinajstić information content (AvgIpc) is 2.41. The van der Waals surface area contributed by atoms with E-state index in [0.717, 1.165) is 22.4 Å². The molecule has 0 aromatic heterocycles. The molecule has 0 saturated carbocycles. The van der Waals surface area contributed by atoms with Gasteiger partial charge in [-0.1, -0.05) is 11.6 Å². The molecule has 1 aromatic rings. The molecule has 1 amide bonds. The molecule has 1 rings (SSSR count). The monoisotopic (exact) mass is 381 g/mol. The lowest BCUT2D eigenvalue weighted by Gasteiger charge is -2.09. The predicted octanol–water partition coefficient (Wildman–Crippen LogP) is 2.71. The summed E-state index contributed by atoms with van der Waals surface area (Å²) >= 11 is 10.8. The third-order valence-corrected chi connectivity index (χ3v) is 4.19. The first kappa shape index (κ1) is 17.6. The van der Waals surface area contributed by atoms with Gasteiger partial charge < -0.3 is 15.2 Å². The number of hydrogen-bond donors (Lipinski definition) is 2. The third-order valence-electron chi connectivity index (χ3n) is 2.27. The highest BCUT2D eigenvalue weighted by Gasteiger charge is 2.05. The van der Waals surface area contributed by atoms with Crippen LogP contribution in [0.5, 0.6) is 5.75 Å². The molecular formula is C13H17BrClNO3S. The Bertz CT molecular complexity index is 434. The van der Waals surface area contributed by atoms with E-state index in [1.54, 1.807) is 30.0 Å². The summed E-state index contributed by atoms with van der Waals surface area (Å²) in [6, 6.07) is 5.13. The highest BCUT2D eigenvalue weighted by atomic mass is 79.9. The summed E-state index contributed by atoms with van der Waals surface area (Å²) < 4.78 is 6.11. The van der Waals surface area contributed by atoms with Crippen LogP contribution in [0.3, 0.4) is 0 Å². The fourth-order valence-electron chi connectivity index (χ4n) is 1.32. The van der Waals surface area contributed by atoms with Gasteiger partial charge in [0.25, 0.3) is 5.91 Å². The number of hydrogen-bond acceptors (Lipinski definition) is 4. The fourth-order valence-corrected chi connectivity index (χ4v) is 2.90. The van der Waals surface area contributed by atoms with Crippen molar-refractivity contribution in [2.45, 2.75) is 6.42 Å². The van der Waals surface area contributed by atoms with Crippen molar-refractivity contribution in [1.82, 2.24) is 5.32 Å². The van der Waals surface area contributed by atoms with Crippen LogP contribution in [0.2, 0.25) is 5.02 Å². The van der Waals surface area contributed by atoms with Gasteiger partial charge >= 0.3 is 0 Å². The molecule has 0 aliphatic heterocycles. The Morgan fingerprint density at radius 1 is 1.45 bits per heavy atom. The molecule has 0 aliphatic carbocycles. The maximum atomic E-state index is 11.6. The van der Waals surface area contributed by atoms with Crippen LogP contribution >= 0.6 is 39.3 Å². The molecule has 0 atom stereocenters. The van der Waals surface area contributed by atoms with E-state index in [4.69, 9.17) is 21.4 Å². The maximum absolute atomic E-state index is 11.6. The van der Waals surface area contributed by atoms with E-state index in [1.807, 2.05) is 0 Å². The van der Waals surface area contributed by atoms with E-state index >= 15 is 0 Å². The van der Waals surface area contributed by atoms with Gasteiger partial charge in [0.05, 0.1) is 4.47 Å². The minimum atomic E-state index is -0.158. The quantitative estimate of drug-likeness (QED) is 0.645. The van der Waals surface area contributed by atoms with Gasteiger partial charge in [0.2, 0.25) is 0 Å². The highest BCUT2D eigenvalue weighted by molar-refractivity contribution is 9.10. The lowest BCUT2D eigenvalue weighted by Crippen LogP contribution is -2.30. The number of thioether (sulfide) groups is 1. The molecule has 1 aromatic carbocycles. The Morgan fingerprint density at radius 3 is 2.95 bits per heavy atom. The Labute approximate surface area is 136 Å². The van der Waals surface area contributed by atoms with Crippen LogP contribution in [0.1, 0.15) is 6.42 Å². The van der Waals surface area contributed by atoms with Crippen molar-refractivity contribution in [1.29, 1.82) is 0 Å². The normalized spacial score (nSPS) is 10.3. The van der Waals surface area contributed by atoms with Crippen LogP contribution in [0.4, 0.5) is 0 Å². The molecule has 0 aliphatic rings. The van der Waals surface area contributed by atoms with Gasteiger partial charge in [-0.2, -0.15) is 11.8 Å². The number of amides is 1. The number of halogens is 2. The van der Waals surface area contributed by atoms with Gasteiger partial charge in [-0.15, -0.1) is 0 Å². The van der Waals surface area contributed by atoms with Gasteiger partial charge in [0.1, 0.15) is 5.75 Å².